The minimum Gasteiger partial charge on any atom is -0.497 e. The third kappa shape index (κ3) is 3.78. The van der Waals surface area contributed by atoms with Crippen molar-refractivity contribution in [1.82, 2.24) is 25.0 Å². The number of aromatic nitrogens is 5. The van der Waals surface area contributed by atoms with E-state index in [2.05, 4.69) is 33.0 Å². The molecule has 2 heterocycles. The van der Waals surface area contributed by atoms with Crippen LogP contribution in [0.2, 0.25) is 5.02 Å². The monoisotopic (exact) mass is 445 g/mol. The molecule has 0 aliphatic rings. The van der Waals surface area contributed by atoms with Gasteiger partial charge in [-0.25, -0.2) is 4.39 Å². The summed E-state index contributed by atoms with van der Waals surface area (Å²) in [6.07, 6.45) is 0. The van der Waals surface area contributed by atoms with Gasteiger partial charge in [0.1, 0.15) is 16.8 Å². The van der Waals surface area contributed by atoms with Crippen molar-refractivity contribution in [3.05, 3.63) is 65.0 Å². The average Bonchev–Trinajstić information content (AvgIpc) is 3.42. The molecule has 0 spiro atoms. The molecule has 1 unspecified atom stereocenters. The van der Waals surface area contributed by atoms with Gasteiger partial charge in [-0.05, 0) is 49.4 Å². The van der Waals surface area contributed by atoms with Gasteiger partial charge in [-0.3, -0.25) is 0 Å². The van der Waals surface area contributed by atoms with Crippen LogP contribution in [0.3, 0.4) is 0 Å². The number of benzene rings is 2. The molecule has 154 valence electrons. The SMILES string of the molecule is CCn1c(-c2ccc(OC)cc2)nnc1C(S)c1nnc(-c2cc(Cl)ccc2F)o1. The lowest BCUT2D eigenvalue weighted by Gasteiger charge is -2.10. The Hall–Kier alpha value is -2.91. The molecule has 0 amide bonds. The zero-order valence-electron chi connectivity index (χ0n) is 16.1. The molecule has 4 rings (SSSR count). The van der Waals surface area contributed by atoms with E-state index in [0.29, 0.717) is 23.2 Å². The number of thiol groups is 1. The molecule has 1 atom stereocenters. The fourth-order valence-corrected chi connectivity index (χ4v) is 3.48. The smallest absolute Gasteiger partial charge is 0.250 e. The maximum Gasteiger partial charge on any atom is 0.250 e. The summed E-state index contributed by atoms with van der Waals surface area (Å²) in [6, 6.07) is 11.6. The lowest BCUT2D eigenvalue weighted by atomic mass is 10.2. The number of hydrogen-bond acceptors (Lipinski definition) is 7. The van der Waals surface area contributed by atoms with Gasteiger partial charge < -0.3 is 13.7 Å². The van der Waals surface area contributed by atoms with Crippen molar-refractivity contribution in [3.63, 3.8) is 0 Å². The van der Waals surface area contributed by atoms with Gasteiger partial charge in [0.25, 0.3) is 5.89 Å². The Bertz CT molecular complexity index is 1180. The van der Waals surface area contributed by atoms with Gasteiger partial charge >= 0.3 is 0 Å². The number of nitrogens with zero attached hydrogens (tertiary/aromatic N) is 5. The summed E-state index contributed by atoms with van der Waals surface area (Å²) in [7, 11) is 1.61. The van der Waals surface area contributed by atoms with Gasteiger partial charge in [-0.2, -0.15) is 12.6 Å². The van der Waals surface area contributed by atoms with Gasteiger partial charge in [0.05, 0.1) is 12.7 Å². The van der Waals surface area contributed by atoms with Crippen LogP contribution in [-0.4, -0.2) is 32.1 Å². The van der Waals surface area contributed by atoms with Crippen molar-refractivity contribution in [1.29, 1.82) is 0 Å². The van der Waals surface area contributed by atoms with Crippen molar-refractivity contribution in [2.24, 2.45) is 0 Å². The summed E-state index contributed by atoms with van der Waals surface area (Å²) in [5.74, 6) is 1.64. The molecular weight excluding hydrogens is 429 g/mol. The minimum atomic E-state index is -0.645. The second-order valence-electron chi connectivity index (χ2n) is 6.33. The van der Waals surface area contributed by atoms with E-state index in [1.54, 1.807) is 7.11 Å². The van der Waals surface area contributed by atoms with Crippen LogP contribution in [0.25, 0.3) is 22.8 Å². The molecule has 10 heteroatoms. The zero-order chi connectivity index (χ0) is 21.3. The van der Waals surface area contributed by atoms with Crippen molar-refractivity contribution in [2.75, 3.05) is 7.11 Å². The zero-order valence-corrected chi connectivity index (χ0v) is 17.7. The summed E-state index contributed by atoms with van der Waals surface area (Å²) < 4.78 is 26.9. The molecule has 2 aromatic heterocycles. The molecule has 30 heavy (non-hydrogen) atoms. The van der Waals surface area contributed by atoms with Crippen LogP contribution in [0.15, 0.2) is 46.9 Å². The van der Waals surface area contributed by atoms with E-state index in [-0.39, 0.29) is 17.3 Å². The summed E-state index contributed by atoms with van der Waals surface area (Å²) >= 11 is 10.6. The predicted molar refractivity (Wildman–Crippen MR) is 113 cm³/mol. The van der Waals surface area contributed by atoms with Crippen molar-refractivity contribution in [2.45, 2.75) is 18.7 Å². The second-order valence-corrected chi connectivity index (χ2v) is 7.28. The summed E-state index contributed by atoms with van der Waals surface area (Å²) in [5.41, 5.74) is 1.00. The van der Waals surface area contributed by atoms with Crippen molar-refractivity contribution >= 4 is 24.2 Å². The molecule has 0 bridgehead atoms. The standard InChI is InChI=1S/C20H17ClFN5O2S/c1-3-27-17(11-4-7-13(28-2)8-5-11)23-24-18(27)16(30)20-26-25-19(29-20)14-10-12(21)6-9-15(14)22/h4-10,16,30H,3H2,1-2H3. The van der Waals surface area contributed by atoms with Gasteiger partial charge in [0, 0.05) is 17.1 Å². The first kappa shape index (κ1) is 20.4. The fourth-order valence-electron chi connectivity index (χ4n) is 3.01. The van der Waals surface area contributed by atoms with Crippen molar-refractivity contribution < 1.29 is 13.5 Å². The molecule has 0 saturated heterocycles. The van der Waals surface area contributed by atoms with Crippen LogP contribution < -0.4 is 4.74 Å². The van der Waals surface area contributed by atoms with Gasteiger partial charge in [-0.15, -0.1) is 20.4 Å². The largest absolute Gasteiger partial charge is 0.497 e. The van der Waals surface area contributed by atoms with E-state index in [0.717, 1.165) is 11.3 Å². The molecule has 2 aromatic carbocycles. The van der Waals surface area contributed by atoms with E-state index >= 15 is 0 Å². The van der Waals surface area contributed by atoms with E-state index in [4.69, 9.17) is 20.8 Å². The average molecular weight is 446 g/mol. The Balaban J connectivity index is 1.67. The van der Waals surface area contributed by atoms with Crippen LogP contribution in [0.4, 0.5) is 4.39 Å². The predicted octanol–water partition coefficient (Wildman–Crippen LogP) is 4.84. The van der Waals surface area contributed by atoms with Crippen LogP contribution in [0, 0.1) is 5.82 Å². The Labute approximate surface area is 182 Å². The topological polar surface area (TPSA) is 78.9 Å². The lowest BCUT2D eigenvalue weighted by molar-refractivity contribution is 0.415. The minimum absolute atomic E-state index is 0.0157. The molecule has 4 aromatic rings. The molecule has 0 radical (unpaired) electrons. The Kier molecular flexibility index (Phi) is 5.74. The summed E-state index contributed by atoms with van der Waals surface area (Å²) in [6.45, 7) is 2.58. The summed E-state index contributed by atoms with van der Waals surface area (Å²) in [5, 5.41) is 16.3. The number of halogens is 2. The first-order valence-electron chi connectivity index (χ1n) is 9.06. The highest BCUT2D eigenvalue weighted by molar-refractivity contribution is 7.80. The first-order chi connectivity index (χ1) is 14.5. The molecule has 0 aliphatic heterocycles. The number of rotatable bonds is 6. The molecule has 0 aliphatic carbocycles. The third-order valence-corrected chi connectivity index (χ3v) is 5.21. The quantitative estimate of drug-likeness (QED) is 0.428. The first-order valence-corrected chi connectivity index (χ1v) is 9.95. The molecule has 0 fully saturated rings. The normalized spacial score (nSPS) is 12.2. The maximum atomic E-state index is 14.1. The van der Waals surface area contributed by atoms with Crippen LogP contribution in [0.1, 0.15) is 23.9 Å². The number of hydrogen-bond donors (Lipinski definition) is 1. The van der Waals surface area contributed by atoms with Crippen LogP contribution in [-0.2, 0) is 6.54 Å². The Morgan fingerprint density at radius 3 is 2.60 bits per heavy atom. The second kappa shape index (κ2) is 8.45. The third-order valence-electron chi connectivity index (χ3n) is 4.52. The number of methoxy groups -OCH3 is 1. The lowest BCUT2D eigenvalue weighted by Crippen LogP contribution is -2.07. The number of ether oxygens (including phenoxy) is 1. The highest BCUT2D eigenvalue weighted by Gasteiger charge is 2.25. The Morgan fingerprint density at radius 1 is 1.13 bits per heavy atom. The van der Waals surface area contributed by atoms with Crippen LogP contribution in [0.5, 0.6) is 5.75 Å². The van der Waals surface area contributed by atoms with E-state index in [9.17, 15) is 4.39 Å². The van der Waals surface area contributed by atoms with E-state index in [1.807, 2.05) is 35.8 Å². The molecular formula is C20H17ClFN5O2S. The molecule has 7 nitrogen and oxygen atoms in total. The highest BCUT2D eigenvalue weighted by atomic mass is 35.5. The van der Waals surface area contributed by atoms with E-state index in [1.165, 1.54) is 18.2 Å². The van der Waals surface area contributed by atoms with Crippen molar-refractivity contribution in [3.8, 4) is 28.6 Å². The highest BCUT2D eigenvalue weighted by Crippen LogP contribution is 2.32. The van der Waals surface area contributed by atoms with Crippen LogP contribution >= 0.6 is 24.2 Å². The van der Waals surface area contributed by atoms with Gasteiger partial charge in [-0.1, -0.05) is 11.6 Å². The summed E-state index contributed by atoms with van der Waals surface area (Å²) in [4.78, 5) is 0. The van der Waals surface area contributed by atoms with E-state index < -0.39 is 11.1 Å². The fraction of sp³-hybridized carbons (Fsp3) is 0.200. The maximum absolute atomic E-state index is 14.1. The Morgan fingerprint density at radius 2 is 1.90 bits per heavy atom. The van der Waals surface area contributed by atoms with Gasteiger partial charge in [0.15, 0.2) is 11.6 Å². The molecule has 0 N–H and O–H groups in total. The van der Waals surface area contributed by atoms with Gasteiger partial charge in [0.2, 0.25) is 5.89 Å². The molecule has 0 saturated carbocycles.